The van der Waals surface area contributed by atoms with Gasteiger partial charge in [-0.05, 0) is 0 Å². The molecule has 0 aliphatic carbocycles. The lowest BCUT2D eigenvalue weighted by molar-refractivity contribution is -0.307. The molecule has 28 heavy (non-hydrogen) atoms. The van der Waals surface area contributed by atoms with E-state index < -0.39 is 73.8 Å². The first-order chi connectivity index (χ1) is 13.0. The Balaban J connectivity index is 3.26. The van der Waals surface area contributed by atoms with Crippen molar-refractivity contribution in [2.75, 3.05) is 13.2 Å². The maximum atomic E-state index is 11.6. The van der Waals surface area contributed by atoms with Crippen molar-refractivity contribution < 1.29 is 57.5 Å². The third-order valence-corrected chi connectivity index (χ3v) is 3.32. The van der Waals surface area contributed by atoms with Crippen LogP contribution in [0.2, 0.25) is 0 Å². The maximum absolute atomic E-state index is 11.6. The highest BCUT2D eigenvalue weighted by Crippen LogP contribution is 2.29. The van der Waals surface area contributed by atoms with Crippen molar-refractivity contribution in [3.05, 3.63) is 0 Å². The van der Waals surface area contributed by atoms with Crippen LogP contribution in [0.3, 0.4) is 0 Å². The Kier molecular flexibility index (Phi) is 8.79. The van der Waals surface area contributed by atoms with Gasteiger partial charge in [0.05, 0.1) is 0 Å². The second-order valence-electron chi connectivity index (χ2n) is 5.77. The largest absolute Gasteiger partial charge is 0.480 e. The molecular weight excluding hydrogens is 384 g/mol. The number of hydrogen-bond acceptors (Lipinski definition) is 11. The fraction of sp³-hybridized carbons (Fsp3) is 0.688. The molecule has 0 amide bonds. The highest BCUT2D eigenvalue weighted by Gasteiger charge is 2.52. The molecule has 1 rings (SSSR count). The number of rotatable bonds is 8. The number of esters is 4. The fourth-order valence-corrected chi connectivity index (χ4v) is 2.48. The molecule has 1 aliphatic heterocycles. The van der Waals surface area contributed by atoms with Crippen LogP contribution in [0.25, 0.3) is 0 Å². The summed E-state index contributed by atoms with van der Waals surface area (Å²) in [6.07, 6.45) is -6.87. The molecule has 0 radical (unpaired) electrons. The Bertz CT molecular complexity index is 571. The van der Waals surface area contributed by atoms with Gasteiger partial charge in [0.2, 0.25) is 0 Å². The van der Waals surface area contributed by atoms with Gasteiger partial charge in [-0.25, -0.2) is 4.79 Å². The van der Waals surface area contributed by atoms with Gasteiger partial charge in [0.25, 0.3) is 0 Å². The van der Waals surface area contributed by atoms with Crippen molar-refractivity contribution in [2.45, 2.75) is 58.4 Å². The minimum absolute atomic E-state index is 0.426. The predicted octanol–water partition coefficient (Wildman–Crippen LogP) is -0.829. The fourth-order valence-electron chi connectivity index (χ4n) is 2.48. The van der Waals surface area contributed by atoms with Gasteiger partial charge in [-0.15, -0.1) is 0 Å². The molecule has 1 heterocycles. The summed E-state index contributed by atoms with van der Waals surface area (Å²) in [6, 6.07) is 0. The van der Waals surface area contributed by atoms with Crippen molar-refractivity contribution in [2.24, 2.45) is 0 Å². The van der Waals surface area contributed by atoms with Crippen LogP contribution >= 0.6 is 0 Å². The van der Waals surface area contributed by atoms with E-state index in [2.05, 4.69) is 0 Å². The monoisotopic (exact) mass is 406 g/mol. The van der Waals surface area contributed by atoms with Crippen LogP contribution in [-0.4, -0.2) is 78.9 Å². The van der Waals surface area contributed by atoms with E-state index in [-0.39, 0.29) is 0 Å². The molecule has 0 spiro atoms. The van der Waals surface area contributed by atoms with E-state index in [1.54, 1.807) is 0 Å². The Morgan fingerprint density at radius 2 is 1.29 bits per heavy atom. The minimum atomic E-state index is -1.50. The Labute approximate surface area is 159 Å². The van der Waals surface area contributed by atoms with Crippen LogP contribution < -0.4 is 0 Å². The quantitative estimate of drug-likeness (QED) is 0.394. The third kappa shape index (κ3) is 7.48. The van der Waals surface area contributed by atoms with E-state index in [0.29, 0.717) is 0 Å². The van der Waals surface area contributed by atoms with Gasteiger partial charge in [-0.3, -0.25) is 19.2 Å². The molecule has 0 saturated carbocycles. The smallest absolute Gasteiger partial charge is 0.329 e. The molecular formula is C16H22O12. The second kappa shape index (κ2) is 10.6. The van der Waals surface area contributed by atoms with E-state index >= 15 is 0 Å². The summed E-state index contributed by atoms with van der Waals surface area (Å²) in [7, 11) is 0. The highest BCUT2D eigenvalue weighted by atomic mass is 16.7. The van der Waals surface area contributed by atoms with Gasteiger partial charge in [0, 0.05) is 27.7 Å². The van der Waals surface area contributed by atoms with Gasteiger partial charge in [-0.1, -0.05) is 0 Å². The number of aliphatic carboxylic acids is 1. The summed E-state index contributed by atoms with van der Waals surface area (Å²) in [5.74, 6) is -4.39. The summed E-state index contributed by atoms with van der Waals surface area (Å²) < 4.78 is 30.8. The number of carboxylic acid groups (broad SMARTS) is 1. The number of carboxylic acids is 1. The zero-order valence-corrected chi connectivity index (χ0v) is 15.7. The zero-order valence-electron chi connectivity index (χ0n) is 15.7. The number of hydrogen-bond donors (Lipinski definition) is 1. The van der Waals surface area contributed by atoms with Gasteiger partial charge in [-0.2, -0.15) is 0 Å². The van der Waals surface area contributed by atoms with Gasteiger partial charge in [0.1, 0.15) is 19.3 Å². The Morgan fingerprint density at radius 3 is 1.75 bits per heavy atom. The predicted molar refractivity (Wildman–Crippen MR) is 85.5 cm³/mol. The first-order valence-electron chi connectivity index (χ1n) is 8.15. The molecule has 0 aromatic carbocycles. The first-order valence-corrected chi connectivity index (χ1v) is 8.15. The van der Waals surface area contributed by atoms with Crippen molar-refractivity contribution in [3.8, 4) is 0 Å². The summed E-state index contributed by atoms with van der Waals surface area (Å²) in [4.78, 5) is 56.5. The molecule has 5 atom stereocenters. The molecule has 0 bridgehead atoms. The molecule has 1 aliphatic rings. The van der Waals surface area contributed by atoms with Crippen LogP contribution in [-0.2, 0) is 52.4 Å². The average Bonchev–Trinajstić information content (AvgIpc) is 2.54. The molecule has 1 fully saturated rings. The topological polar surface area (TPSA) is 161 Å². The minimum Gasteiger partial charge on any atom is -0.480 e. The van der Waals surface area contributed by atoms with Gasteiger partial charge < -0.3 is 33.5 Å². The molecule has 158 valence electrons. The van der Waals surface area contributed by atoms with E-state index in [1.165, 1.54) is 0 Å². The third-order valence-electron chi connectivity index (χ3n) is 3.32. The zero-order chi connectivity index (χ0) is 21.4. The van der Waals surface area contributed by atoms with Crippen LogP contribution in [0, 0.1) is 0 Å². The van der Waals surface area contributed by atoms with Crippen molar-refractivity contribution in [1.29, 1.82) is 0 Å². The van der Waals surface area contributed by atoms with Gasteiger partial charge in [0.15, 0.2) is 24.6 Å². The second-order valence-corrected chi connectivity index (χ2v) is 5.77. The first kappa shape index (κ1) is 23.3. The van der Waals surface area contributed by atoms with Crippen LogP contribution in [0.5, 0.6) is 0 Å². The molecule has 0 unspecified atom stereocenters. The molecule has 0 aromatic rings. The van der Waals surface area contributed by atoms with Gasteiger partial charge >= 0.3 is 29.8 Å². The van der Waals surface area contributed by atoms with E-state index in [0.717, 1.165) is 27.7 Å². The molecule has 12 heteroatoms. The molecule has 0 aromatic heterocycles. The van der Waals surface area contributed by atoms with E-state index in [4.69, 9.17) is 33.5 Å². The SMILES string of the molecule is CC(=O)OC[C@H]1O[C@@H](OCC(=O)O)[C@H](OC(C)=O)[C@@H](OC(C)=O)[C@@H]1OC(C)=O. The van der Waals surface area contributed by atoms with Crippen molar-refractivity contribution >= 4 is 29.8 Å². The lowest BCUT2D eigenvalue weighted by atomic mass is 9.98. The maximum Gasteiger partial charge on any atom is 0.329 e. The molecule has 12 nitrogen and oxygen atoms in total. The van der Waals surface area contributed by atoms with Crippen LogP contribution in [0.15, 0.2) is 0 Å². The highest BCUT2D eigenvalue weighted by molar-refractivity contribution is 5.69. The standard InChI is InChI=1S/C16H22O12/c1-7(17)23-5-11-13(25-8(2)18)14(26-9(3)19)15(27-10(4)20)16(28-11)24-6-12(21)22/h11,13-16H,5-6H2,1-4H3,(H,21,22)/t11-,13-,14+,15-,16-/m1/s1. The van der Waals surface area contributed by atoms with E-state index in [1.807, 2.05) is 0 Å². The molecule has 1 saturated heterocycles. The number of carbonyl (C=O) groups excluding carboxylic acids is 4. The van der Waals surface area contributed by atoms with Crippen molar-refractivity contribution in [1.82, 2.24) is 0 Å². The normalized spacial score (nSPS) is 26.6. The molecule has 1 N–H and O–H groups in total. The summed E-state index contributed by atoms with van der Waals surface area (Å²) in [5.41, 5.74) is 0. The summed E-state index contributed by atoms with van der Waals surface area (Å²) in [6.45, 7) is 3.09. The number of carbonyl (C=O) groups is 5. The number of ether oxygens (including phenoxy) is 6. The van der Waals surface area contributed by atoms with E-state index in [9.17, 15) is 24.0 Å². The Morgan fingerprint density at radius 1 is 0.786 bits per heavy atom. The van der Waals surface area contributed by atoms with Crippen LogP contribution in [0.4, 0.5) is 0 Å². The summed E-state index contributed by atoms with van der Waals surface area (Å²) in [5, 5.41) is 8.82. The van der Waals surface area contributed by atoms with Crippen LogP contribution in [0.1, 0.15) is 27.7 Å². The lowest BCUT2D eigenvalue weighted by Crippen LogP contribution is -2.63. The Hall–Kier alpha value is -2.73. The lowest BCUT2D eigenvalue weighted by Gasteiger charge is -2.43. The summed E-state index contributed by atoms with van der Waals surface area (Å²) >= 11 is 0. The average molecular weight is 406 g/mol. The van der Waals surface area contributed by atoms with Crippen molar-refractivity contribution in [3.63, 3.8) is 0 Å².